The third kappa shape index (κ3) is 2.36. The third-order valence-electron chi connectivity index (χ3n) is 5.87. The van der Waals surface area contributed by atoms with Gasteiger partial charge < -0.3 is 5.73 Å². The van der Waals surface area contributed by atoms with Crippen molar-refractivity contribution in [1.82, 2.24) is 5.06 Å². The average molecular weight is 420 g/mol. The van der Waals surface area contributed by atoms with Crippen molar-refractivity contribution in [1.29, 1.82) is 0 Å². The molecular formula is C19H23BrN3OP. The van der Waals surface area contributed by atoms with Gasteiger partial charge in [0, 0.05) is 22.5 Å². The molecule has 6 heteroatoms. The lowest BCUT2D eigenvalue weighted by Crippen LogP contribution is -2.45. The number of benzene rings is 1. The minimum atomic E-state index is -0.753. The first-order valence-electron chi connectivity index (χ1n) is 8.48. The van der Waals surface area contributed by atoms with Crippen LogP contribution < -0.4 is 5.73 Å². The number of hydroxylamine groups is 2. The van der Waals surface area contributed by atoms with Crippen molar-refractivity contribution in [2.24, 2.45) is 16.1 Å². The highest BCUT2D eigenvalue weighted by Crippen LogP contribution is 2.63. The molecule has 1 fully saturated rings. The molecule has 2 spiro atoms. The van der Waals surface area contributed by atoms with Crippen LogP contribution in [-0.4, -0.2) is 18.1 Å². The van der Waals surface area contributed by atoms with Gasteiger partial charge in [0.05, 0.1) is 0 Å². The number of nitrogens with two attached hydrogens (primary N) is 1. The van der Waals surface area contributed by atoms with E-state index in [4.69, 9.17) is 15.6 Å². The lowest BCUT2D eigenvalue weighted by Gasteiger charge is -2.45. The Bertz CT molecular complexity index is 845. The molecule has 2 aliphatic carbocycles. The Hall–Kier alpha value is -1.16. The molecule has 4 nitrogen and oxygen atoms in total. The molecule has 1 aliphatic heterocycles. The fourth-order valence-corrected chi connectivity index (χ4v) is 5.23. The van der Waals surface area contributed by atoms with Crippen molar-refractivity contribution >= 4 is 31.1 Å². The van der Waals surface area contributed by atoms with Crippen molar-refractivity contribution in [3.05, 3.63) is 56.8 Å². The monoisotopic (exact) mass is 419 g/mol. The number of allylic oxidation sites excluding steroid dienone is 3. The molecule has 132 valence electrons. The second-order valence-electron chi connectivity index (χ2n) is 7.40. The number of aliphatic imine (C=N–C) groups is 1. The largest absolute Gasteiger partial charge is 0.368 e. The van der Waals surface area contributed by atoms with Crippen molar-refractivity contribution < 1.29 is 4.84 Å². The molecule has 2 N–H and O–H groups in total. The van der Waals surface area contributed by atoms with Gasteiger partial charge >= 0.3 is 0 Å². The van der Waals surface area contributed by atoms with Gasteiger partial charge in [0.25, 0.3) is 0 Å². The number of guanidine groups is 1. The molecule has 0 amide bonds. The number of rotatable bonds is 0. The quantitative estimate of drug-likeness (QED) is 0.640. The summed E-state index contributed by atoms with van der Waals surface area (Å²) in [6.07, 6.45) is 3.79. The highest BCUT2D eigenvalue weighted by Gasteiger charge is 2.63. The number of halogens is 1. The van der Waals surface area contributed by atoms with Crippen LogP contribution in [0.5, 0.6) is 0 Å². The summed E-state index contributed by atoms with van der Waals surface area (Å²) in [6, 6.07) is 6.42. The van der Waals surface area contributed by atoms with E-state index in [1.165, 1.54) is 22.0 Å². The molecular weight excluding hydrogens is 397 g/mol. The Labute approximate surface area is 159 Å². The van der Waals surface area contributed by atoms with Crippen LogP contribution in [0.1, 0.15) is 37.3 Å². The molecule has 1 heterocycles. The maximum atomic E-state index is 6.38. The van der Waals surface area contributed by atoms with Crippen LogP contribution >= 0.6 is 25.2 Å². The summed E-state index contributed by atoms with van der Waals surface area (Å²) in [5.41, 5.74) is 10.2. The molecule has 1 saturated carbocycles. The smallest absolute Gasteiger partial charge is 0.221 e. The Morgan fingerprint density at radius 3 is 2.84 bits per heavy atom. The minimum Gasteiger partial charge on any atom is -0.368 e. The van der Waals surface area contributed by atoms with Gasteiger partial charge in [0.2, 0.25) is 11.7 Å². The van der Waals surface area contributed by atoms with E-state index in [2.05, 4.69) is 56.9 Å². The summed E-state index contributed by atoms with van der Waals surface area (Å²) < 4.78 is 1.04. The van der Waals surface area contributed by atoms with Crippen molar-refractivity contribution in [2.75, 3.05) is 7.05 Å². The second kappa shape index (κ2) is 5.67. The maximum absolute atomic E-state index is 6.38. The van der Waals surface area contributed by atoms with Crippen molar-refractivity contribution in [3.63, 3.8) is 0 Å². The Balaban J connectivity index is 1.92. The summed E-state index contributed by atoms with van der Waals surface area (Å²) in [7, 11) is 4.67. The lowest BCUT2D eigenvalue weighted by molar-refractivity contribution is -0.224. The van der Waals surface area contributed by atoms with Gasteiger partial charge in [-0.15, -0.1) is 9.24 Å². The molecule has 1 aromatic carbocycles. The fourth-order valence-electron chi connectivity index (χ4n) is 4.56. The molecule has 0 aromatic heterocycles. The maximum Gasteiger partial charge on any atom is 0.221 e. The Morgan fingerprint density at radius 2 is 2.20 bits per heavy atom. The van der Waals surface area contributed by atoms with Crippen LogP contribution in [0, 0.1) is 5.41 Å². The fraction of sp³-hybridized carbons (Fsp3) is 0.421. The molecule has 25 heavy (non-hydrogen) atoms. The highest BCUT2D eigenvalue weighted by atomic mass is 79.9. The van der Waals surface area contributed by atoms with E-state index < -0.39 is 5.72 Å². The molecule has 0 bridgehead atoms. The van der Waals surface area contributed by atoms with Gasteiger partial charge in [0.15, 0.2) is 0 Å². The van der Waals surface area contributed by atoms with E-state index in [1.807, 2.05) is 7.05 Å². The standard InChI is InChI=1S/C19H23BrN3OP/c1-11-6-7-18(10-15(11)12(2)25)9-13-4-5-14(20)8-16(13)19(18)22-17(21)23(3)24-19/h4-5,8H,1,6-7,9-10,25H2,2-3H3,(H2,21,22)/b15-12-. The number of hydrogen-bond donors (Lipinski definition) is 1. The summed E-state index contributed by atoms with van der Waals surface area (Å²) in [6.45, 7) is 6.42. The highest BCUT2D eigenvalue weighted by molar-refractivity contribution is 9.10. The zero-order valence-electron chi connectivity index (χ0n) is 14.6. The van der Waals surface area contributed by atoms with Crippen LogP contribution in [0.4, 0.5) is 0 Å². The second-order valence-corrected chi connectivity index (χ2v) is 9.18. The SMILES string of the molecule is C=C1CCC2(C/C1=C(\C)P)Cc1ccc(Br)cc1C21N=C(N)N(C)O1. The van der Waals surface area contributed by atoms with Crippen LogP contribution in [0.2, 0.25) is 0 Å². The summed E-state index contributed by atoms with van der Waals surface area (Å²) >= 11 is 3.61. The van der Waals surface area contributed by atoms with E-state index in [1.54, 1.807) is 5.06 Å². The molecule has 3 unspecified atom stereocenters. The first-order chi connectivity index (χ1) is 11.8. The Morgan fingerprint density at radius 1 is 1.44 bits per heavy atom. The van der Waals surface area contributed by atoms with E-state index in [0.29, 0.717) is 5.96 Å². The molecule has 0 radical (unpaired) electrons. The summed E-state index contributed by atoms with van der Waals surface area (Å²) in [5, 5.41) is 2.86. The topological polar surface area (TPSA) is 50.8 Å². The van der Waals surface area contributed by atoms with E-state index in [9.17, 15) is 0 Å². The third-order valence-corrected chi connectivity index (χ3v) is 6.71. The van der Waals surface area contributed by atoms with Crippen molar-refractivity contribution in [3.8, 4) is 0 Å². The zero-order chi connectivity index (χ0) is 18.0. The van der Waals surface area contributed by atoms with E-state index >= 15 is 0 Å². The first kappa shape index (κ1) is 17.3. The average Bonchev–Trinajstić information content (AvgIpc) is 2.99. The van der Waals surface area contributed by atoms with Gasteiger partial charge in [-0.1, -0.05) is 39.5 Å². The van der Waals surface area contributed by atoms with Crippen LogP contribution in [0.3, 0.4) is 0 Å². The first-order valence-corrected chi connectivity index (χ1v) is 9.85. The van der Waals surface area contributed by atoms with Gasteiger partial charge in [-0.25, -0.2) is 14.9 Å². The number of fused-ring (bicyclic) bond motifs is 3. The number of nitrogens with zero attached hydrogens (tertiary/aromatic N) is 2. The molecule has 1 aromatic rings. The predicted octanol–water partition coefficient (Wildman–Crippen LogP) is 4.23. The Kier molecular flexibility index (Phi) is 3.91. The summed E-state index contributed by atoms with van der Waals surface area (Å²) in [4.78, 5) is 11.3. The zero-order valence-corrected chi connectivity index (χ0v) is 17.3. The predicted molar refractivity (Wildman–Crippen MR) is 108 cm³/mol. The van der Waals surface area contributed by atoms with E-state index in [0.717, 1.165) is 35.7 Å². The molecule has 4 rings (SSSR count). The van der Waals surface area contributed by atoms with Crippen LogP contribution in [-0.2, 0) is 17.0 Å². The van der Waals surface area contributed by atoms with Gasteiger partial charge in [-0.05, 0) is 55.9 Å². The van der Waals surface area contributed by atoms with Gasteiger partial charge in [-0.2, -0.15) is 0 Å². The molecule has 3 aliphatic rings. The normalized spacial score (nSPS) is 33.2. The minimum absolute atomic E-state index is 0.139. The van der Waals surface area contributed by atoms with Gasteiger partial charge in [0.1, 0.15) is 0 Å². The van der Waals surface area contributed by atoms with E-state index in [-0.39, 0.29) is 5.41 Å². The van der Waals surface area contributed by atoms with Crippen molar-refractivity contribution in [2.45, 2.75) is 38.3 Å². The lowest BCUT2D eigenvalue weighted by atomic mass is 9.64. The molecule has 3 atom stereocenters. The van der Waals surface area contributed by atoms with Crippen LogP contribution in [0.25, 0.3) is 0 Å². The van der Waals surface area contributed by atoms with Crippen LogP contribution in [0.15, 0.2) is 50.7 Å². The van der Waals surface area contributed by atoms with Gasteiger partial charge in [-0.3, -0.25) is 0 Å². The molecule has 0 saturated heterocycles. The number of hydrogen-bond acceptors (Lipinski definition) is 4. The summed E-state index contributed by atoms with van der Waals surface area (Å²) in [5.74, 6) is 0.435.